The van der Waals surface area contributed by atoms with Crippen LogP contribution in [-0.4, -0.2) is 80.7 Å². The van der Waals surface area contributed by atoms with E-state index in [0.717, 1.165) is 76.3 Å². The first-order chi connectivity index (χ1) is 15.7. The Labute approximate surface area is 215 Å². The van der Waals surface area contributed by atoms with Crippen molar-refractivity contribution < 1.29 is 4.74 Å². The SMILES string of the molecule is CCN1CCN(c2ccc(CNC(=NC)N3CCC(c4ccc(OC)cc4)C3)cn2)CC1.I. The Morgan fingerprint density at radius 3 is 2.45 bits per heavy atom. The largest absolute Gasteiger partial charge is 0.497 e. The lowest BCUT2D eigenvalue weighted by Gasteiger charge is -2.34. The quantitative estimate of drug-likeness (QED) is 0.330. The summed E-state index contributed by atoms with van der Waals surface area (Å²) in [5.74, 6) is 3.47. The molecule has 0 amide bonds. The van der Waals surface area contributed by atoms with Crippen molar-refractivity contribution in [3.05, 3.63) is 53.7 Å². The Morgan fingerprint density at radius 2 is 1.85 bits per heavy atom. The summed E-state index contributed by atoms with van der Waals surface area (Å²) in [7, 11) is 3.57. The van der Waals surface area contributed by atoms with Crippen LogP contribution in [0.3, 0.4) is 0 Å². The smallest absolute Gasteiger partial charge is 0.193 e. The van der Waals surface area contributed by atoms with Gasteiger partial charge in [-0.15, -0.1) is 24.0 Å². The Morgan fingerprint density at radius 1 is 1.09 bits per heavy atom. The van der Waals surface area contributed by atoms with Crippen LogP contribution >= 0.6 is 24.0 Å². The Bertz CT molecular complexity index is 881. The van der Waals surface area contributed by atoms with Crippen molar-refractivity contribution in [2.45, 2.75) is 25.8 Å². The average Bonchev–Trinajstić information content (AvgIpc) is 3.35. The van der Waals surface area contributed by atoms with Crippen LogP contribution in [0.4, 0.5) is 5.82 Å². The predicted molar refractivity (Wildman–Crippen MR) is 146 cm³/mol. The summed E-state index contributed by atoms with van der Waals surface area (Å²) in [4.78, 5) is 16.5. The van der Waals surface area contributed by atoms with Crippen molar-refractivity contribution in [3.63, 3.8) is 0 Å². The monoisotopic (exact) mass is 564 g/mol. The van der Waals surface area contributed by atoms with E-state index in [1.807, 2.05) is 25.4 Å². The maximum atomic E-state index is 5.28. The number of piperazine rings is 1. The molecule has 1 aromatic heterocycles. The van der Waals surface area contributed by atoms with Crippen LogP contribution in [0.2, 0.25) is 0 Å². The van der Waals surface area contributed by atoms with E-state index in [1.54, 1.807) is 7.11 Å². The zero-order valence-corrected chi connectivity index (χ0v) is 22.4. The Balaban J connectivity index is 0.00000306. The minimum Gasteiger partial charge on any atom is -0.497 e. The molecule has 180 valence electrons. The second-order valence-electron chi connectivity index (χ2n) is 8.55. The van der Waals surface area contributed by atoms with E-state index in [-0.39, 0.29) is 24.0 Å². The number of likely N-dealkylation sites (tertiary alicyclic amines) is 1. The molecule has 8 heteroatoms. The first-order valence-corrected chi connectivity index (χ1v) is 11.7. The van der Waals surface area contributed by atoms with Gasteiger partial charge in [-0.1, -0.05) is 25.1 Å². The number of benzene rings is 1. The highest BCUT2D eigenvalue weighted by Crippen LogP contribution is 2.28. The summed E-state index contributed by atoms with van der Waals surface area (Å²) in [5.41, 5.74) is 2.54. The minimum absolute atomic E-state index is 0. The lowest BCUT2D eigenvalue weighted by Crippen LogP contribution is -2.46. The summed E-state index contributed by atoms with van der Waals surface area (Å²) >= 11 is 0. The van der Waals surface area contributed by atoms with Crippen LogP contribution in [0.25, 0.3) is 0 Å². The molecule has 4 rings (SSSR count). The van der Waals surface area contributed by atoms with Crippen molar-refractivity contribution in [1.82, 2.24) is 20.1 Å². The van der Waals surface area contributed by atoms with Gasteiger partial charge < -0.3 is 24.8 Å². The third-order valence-corrected chi connectivity index (χ3v) is 6.69. The van der Waals surface area contributed by atoms with Gasteiger partial charge >= 0.3 is 0 Å². The zero-order valence-electron chi connectivity index (χ0n) is 20.0. The van der Waals surface area contributed by atoms with E-state index < -0.39 is 0 Å². The summed E-state index contributed by atoms with van der Waals surface area (Å²) < 4.78 is 5.28. The molecule has 1 unspecified atom stereocenters. The molecule has 1 aromatic carbocycles. The number of nitrogens with zero attached hydrogens (tertiary/aromatic N) is 5. The van der Waals surface area contributed by atoms with Crippen LogP contribution < -0.4 is 15.0 Å². The van der Waals surface area contributed by atoms with Gasteiger partial charge in [0, 0.05) is 65.0 Å². The highest BCUT2D eigenvalue weighted by molar-refractivity contribution is 14.0. The number of likely N-dealkylation sites (N-methyl/N-ethyl adjacent to an activating group) is 1. The van der Waals surface area contributed by atoms with Crippen molar-refractivity contribution in [2.24, 2.45) is 4.99 Å². The molecule has 0 radical (unpaired) electrons. The molecule has 2 aliphatic heterocycles. The molecule has 0 bridgehead atoms. The van der Waals surface area contributed by atoms with E-state index >= 15 is 0 Å². The predicted octanol–water partition coefficient (Wildman–Crippen LogP) is 3.42. The highest BCUT2D eigenvalue weighted by atomic mass is 127. The zero-order chi connectivity index (χ0) is 22.3. The second kappa shape index (κ2) is 12.4. The number of rotatable bonds is 6. The molecule has 2 aromatic rings. The molecule has 0 saturated carbocycles. The second-order valence-corrected chi connectivity index (χ2v) is 8.55. The van der Waals surface area contributed by atoms with E-state index in [9.17, 15) is 0 Å². The molecule has 3 heterocycles. The topological polar surface area (TPSA) is 56.2 Å². The number of hydrogen-bond donors (Lipinski definition) is 1. The Hall–Kier alpha value is -2.07. The number of aromatic nitrogens is 1. The summed E-state index contributed by atoms with van der Waals surface area (Å²) in [6.45, 7) is 10.4. The van der Waals surface area contributed by atoms with E-state index in [1.165, 1.54) is 11.1 Å². The normalized spacial score (nSPS) is 19.4. The lowest BCUT2D eigenvalue weighted by molar-refractivity contribution is 0.270. The molecule has 1 atom stereocenters. The molecular weight excluding hydrogens is 527 g/mol. The molecule has 2 saturated heterocycles. The molecule has 0 spiro atoms. The molecular formula is C25H37IN6O. The van der Waals surface area contributed by atoms with Gasteiger partial charge in [0.05, 0.1) is 7.11 Å². The molecule has 7 nitrogen and oxygen atoms in total. The van der Waals surface area contributed by atoms with Gasteiger partial charge in [-0.3, -0.25) is 4.99 Å². The first kappa shape index (κ1) is 25.6. The van der Waals surface area contributed by atoms with Gasteiger partial charge in [-0.05, 0) is 42.3 Å². The van der Waals surface area contributed by atoms with Crippen LogP contribution in [0.1, 0.15) is 30.4 Å². The number of anilines is 1. The maximum Gasteiger partial charge on any atom is 0.193 e. The third kappa shape index (κ3) is 6.50. The van der Waals surface area contributed by atoms with Gasteiger partial charge in [-0.2, -0.15) is 0 Å². The minimum atomic E-state index is 0. The fraction of sp³-hybridized carbons (Fsp3) is 0.520. The number of ether oxygens (including phenoxy) is 1. The fourth-order valence-electron chi connectivity index (χ4n) is 4.62. The fourth-order valence-corrected chi connectivity index (χ4v) is 4.62. The van der Waals surface area contributed by atoms with Gasteiger partial charge in [0.15, 0.2) is 5.96 Å². The van der Waals surface area contributed by atoms with Gasteiger partial charge in [0.2, 0.25) is 0 Å². The number of pyridine rings is 1. The average molecular weight is 565 g/mol. The molecule has 2 fully saturated rings. The number of methoxy groups -OCH3 is 1. The number of hydrogen-bond acceptors (Lipinski definition) is 5. The van der Waals surface area contributed by atoms with Crippen molar-refractivity contribution in [1.29, 1.82) is 0 Å². The standard InChI is InChI=1S/C25H36N6O.HI/c1-4-29-13-15-30(16-14-29)24-10-5-20(17-27-24)18-28-25(26-2)31-12-11-22(19-31)21-6-8-23(32-3)9-7-21;/h5-10,17,22H,4,11-16,18-19H2,1-3H3,(H,26,28);1H. The third-order valence-electron chi connectivity index (χ3n) is 6.69. The van der Waals surface area contributed by atoms with E-state index in [2.05, 4.69) is 56.2 Å². The molecule has 0 aliphatic carbocycles. The molecule has 33 heavy (non-hydrogen) atoms. The Kier molecular flexibility index (Phi) is 9.61. The van der Waals surface area contributed by atoms with Crippen LogP contribution in [0.5, 0.6) is 5.75 Å². The summed E-state index contributed by atoms with van der Waals surface area (Å²) in [6.07, 6.45) is 3.13. The van der Waals surface area contributed by atoms with Crippen LogP contribution in [-0.2, 0) is 6.54 Å². The summed E-state index contributed by atoms with van der Waals surface area (Å²) in [6, 6.07) is 12.8. The van der Waals surface area contributed by atoms with Crippen LogP contribution in [0.15, 0.2) is 47.6 Å². The highest BCUT2D eigenvalue weighted by Gasteiger charge is 2.26. The van der Waals surface area contributed by atoms with Crippen LogP contribution in [0, 0.1) is 0 Å². The van der Waals surface area contributed by atoms with Gasteiger partial charge in [-0.25, -0.2) is 4.98 Å². The summed E-state index contributed by atoms with van der Waals surface area (Å²) in [5, 5.41) is 3.53. The number of nitrogens with one attached hydrogen (secondary N) is 1. The number of guanidine groups is 1. The van der Waals surface area contributed by atoms with Crippen molar-refractivity contribution >= 4 is 35.8 Å². The first-order valence-electron chi connectivity index (χ1n) is 11.7. The van der Waals surface area contributed by atoms with Crippen molar-refractivity contribution in [2.75, 3.05) is 64.9 Å². The lowest BCUT2D eigenvalue weighted by atomic mass is 9.98. The van der Waals surface area contributed by atoms with Crippen molar-refractivity contribution in [3.8, 4) is 5.75 Å². The maximum absolute atomic E-state index is 5.28. The molecule has 2 aliphatic rings. The van der Waals surface area contributed by atoms with Gasteiger partial charge in [0.25, 0.3) is 0 Å². The van der Waals surface area contributed by atoms with Gasteiger partial charge in [0.1, 0.15) is 11.6 Å². The number of halogens is 1. The van der Waals surface area contributed by atoms with E-state index in [4.69, 9.17) is 9.72 Å². The van der Waals surface area contributed by atoms with E-state index in [0.29, 0.717) is 5.92 Å². The molecule has 1 N–H and O–H groups in total. The number of aliphatic imine (C=N–C) groups is 1.